The molecular weight excluding hydrogens is 276 g/mol. The van der Waals surface area contributed by atoms with Crippen molar-refractivity contribution in [2.45, 2.75) is 18.8 Å². The molecule has 2 aliphatic rings. The summed E-state index contributed by atoms with van der Waals surface area (Å²) in [6, 6.07) is 6.76. The molecule has 0 saturated carbocycles. The fraction of sp³-hybridized carbons (Fsp3) is 0.571. The molecule has 0 amide bonds. The number of fused-ring (bicyclic) bond motifs is 1. The second-order valence-electron chi connectivity index (χ2n) is 5.28. The first-order valence-corrected chi connectivity index (χ1v) is 7.26. The van der Waals surface area contributed by atoms with E-state index in [2.05, 4.69) is 51.4 Å². The summed E-state index contributed by atoms with van der Waals surface area (Å²) >= 11 is 3.57. The Bertz CT molecular complexity index is 413. The number of nitrogens with one attached hydrogen (secondary N) is 1. The van der Waals surface area contributed by atoms with Crippen molar-refractivity contribution in [1.29, 1.82) is 0 Å². The van der Waals surface area contributed by atoms with E-state index in [1.165, 1.54) is 42.6 Å². The summed E-state index contributed by atoms with van der Waals surface area (Å²) in [7, 11) is 2.21. The fourth-order valence-corrected chi connectivity index (χ4v) is 3.65. The van der Waals surface area contributed by atoms with Gasteiger partial charge in [-0.3, -0.25) is 0 Å². The molecule has 0 radical (unpaired) electrons. The Hall–Kier alpha value is -0.540. The van der Waals surface area contributed by atoms with Gasteiger partial charge in [0.05, 0.1) is 0 Å². The summed E-state index contributed by atoms with van der Waals surface area (Å²) in [4.78, 5) is 2.41. The lowest BCUT2D eigenvalue weighted by Crippen LogP contribution is -2.32. The van der Waals surface area contributed by atoms with Crippen LogP contribution in [0.25, 0.3) is 0 Å². The number of likely N-dealkylation sites (N-methyl/N-ethyl adjacent to an activating group) is 1. The number of hydrogen-bond acceptors (Lipinski definition) is 2. The number of rotatable bonds is 1. The van der Waals surface area contributed by atoms with Crippen molar-refractivity contribution in [2.24, 2.45) is 5.92 Å². The van der Waals surface area contributed by atoms with E-state index in [0.29, 0.717) is 0 Å². The molecule has 0 spiro atoms. The third kappa shape index (κ3) is 2.11. The van der Waals surface area contributed by atoms with Crippen molar-refractivity contribution in [2.75, 3.05) is 31.6 Å². The van der Waals surface area contributed by atoms with E-state index < -0.39 is 0 Å². The van der Waals surface area contributed by atoms with Gasteiger partial charge in [0.25, 0.3) is 0 Å². The molecule has 0 aromatic heterocycles. The van der Waals surface area contributed by atoms with Crippen LogP contribution in [0.4, 0.5) is 5.69 Å². The summed E-state index contributed by atoms with van der Waals surface area (Å²) in [5.41, 5.74) is 2.98. The second-order valence-corrected chi connectivity index (χ2v) is 6.19. The van der Waals surface area contributed by atoms with Crippen molar-refractivity contribution in [3.8, 4) is 0 Å². The summed E-state index contributed by atoms with van der Waals surface area (Å²) in [6.45, 7) is 3.57. The van der Waals surface area contributed by atoms with E-state index in [4.69, 9.17) is 0 Å². The van der Waals surface area contributed by atoms with Gasteiger partial charge in [-0.05, 0) is 49.5 Å². The molecule has 3 heteroatoms. The molecule has 2 aliphatic heterocycles. The molecule has 1 N–H and O–H groups in total. The summed E-state index contributed by atoms with van der Waals surface area (Å²) < 4.78 is 1.19. The third-order valence-electron chi connectivity index (χ3n) is 4.23. The van der Waals surface area contributed by atoms with Crippen molar-refractivity contribution in [1.82, 2.24) is 5.32 Å². The molecule has 1 atom stereocenters. The minimum Gasteiger partial charge on any atom is -0.374 e. The standard InChI is InChI=1S/C14H19BrN2/c1-17-9-13(10-4-6-16-7-5-10)12-3-2-11(15)8-14(12)17/h2-3,8,10,13,16H,4-7,9H2,1H3. The normalized spacial score (nSPS) is 25.1. The minimum absolute atomic E-state index is 0.741. The smallest absolute Gasteiger partial charge is 0.0411 e. The van der Waals surface area contributed by atoms with E-state index in [-0.39, 0.29) is 0 Å². The predicted octanol–water partition coefficient (Wildman–Crippen LogP) is 2.98. The van der Waals surface area contributed by atoms with Crippen LogP contribution in [0.5, 0.6) is 0 Å². The average molecular weight is 295 g/mol. The molecule has 2 nitrogen and oxygen atoms in total. The van der Waals surface area contributed by atoms with Gasteiger partial charge in [-0.25, -0.2) is 0 Å². The van der Waals surface area contributed by atoms with Gasteiger partial charge in [-0.1, -0.05) is 22.0 Å². The van der Waals surface area contributed by atoms with Crippen LogP contribution in [-0.4, -0.2) is 26.7 Å². The number of halogens is 1. The predicted molar refractivity (Wildman–Crippen MR) is 75.7 cm³/mol. The molecule has 1 unspecified atom stereocenters. The highest BCUT2D eigenvalue weighted by Crippen LogP contribution is 2.43. The van der Waals surface area contributed by atoms with Gasteiger partial charge in [-0.15, -0.1) is 0 Å². The second kappa shape index (κ2) is 4.62. The maximum Gasteiger partial charge on any atom is 0.0411 e. The molecule has 1 fully saturated rings. The Morgan fingerprint density at radius 3 is 2.82 bits per heavy atom. The Morgan fingerprint density at radius 2 is 2.06 bits per heavy atom. The van der Waals surface area contributed by atoms with E-state index in [9.17, 15) is 0 Å². The van der Waals surface area contributed by atoms with Crippen LogP contribution < -0.4 is 10.2 Å². The Morgan fingerprint density at radius 1 is 1.29 bits per heavy atom. The zero-order chi connectivity index (χ0) is 11.8. The summed E-state index contributed by atoms with van der Waals surface area (Å²) in [5.74, 6) is 1.60. The maximum atomic E-state index is 3.57. The SMILES string of the molecule is CN1CC(C2CCNCC2)c2ccc(Br)cc21. The van der Waals surface area contributed by atoms with Crippen LogP contribution >= 0.6 is 15.9 Å². The van der Waals surface area contributed by atoms with Crippen LogP contribution in [0.1, 0.15) is 24.3 Å². The van der Waals surface area contributed by atoms with Gasteiger partial charge < -0.3 is 10.2 Å². The zero-order valence-electron chi connectivity index (χ0n) is 10.2. The quantitative estimate of drug-likeness (QED) is 0.857. The number of anilines is 1. The largest absolute Gasteiger partial charge is 0.374 e. The lowest BCUT2D eigenvalue weighted by atomic mass is 9.82. The Balaban J connectivity index is 1.89. The summed E-state index contributed by atoms with van der Waals surface area (Å²) in [5, 5.41) is 3.46. The van der Waals surface area contributed by atoms with Crippen molar-refractivity contribution >= 4 is 21.6 Å². The van der Waals surface area contributed by atoms with Crippen LogP contribution in [0.15, 0.2) is 22.7 Å². The highest BCUT2D eigenvalue weighted by Gasteiger charge is 2.33. The van der Waals surface area contributed by atoms with Crippen LogP contribution in [0.3, 0.4) is 0 Å². The lowest BCUT2D eigenvalue weighted by molar-refractivity contribution is 0.327. The molecular formula is C14H19BrN2. The van der Waals surface area contributed by atoms with Gasteiger partial charge in [0.2, 0.25) is 0 Å². The summed E-state index contributed by atoms with van der Waals surface area (Å²) in [6.07, 6.45) is 2.65. The van der Waals surface area contributed by atoms with Crippen molar-refractivity contribution in [3.63, 3.8) is 0 Å². The van der Waals surface area contributed by atoms with E-state index >= 15 is 0 Å². The van der Waals surface area contributed by atoms with Crippen LogP contribution in [0.2, 0.25) is 0 Å². The number of benzene rings is 1. The highest BCUT2D eigenvalue weighted by atomic mass is 79.9. The number of nitrogens with zero attached hydrogens (tertiary/aromatic N) is 1. The first-order chi connectivity index (χ1) is 8.25. The van der Waals surface area contributed by atoms with Gasteiger partial charge >= 0.3 is 0 Å². The third-order valence-corrected chi connectivity index (χ3v) is 4.72. The maximum absolute atomic E-state index is 3.57. The Kier molecular flexibility index (Phi) is 3.14. The molecule has 1 aromatic carbocycles. The number of piperidine rings is 1. The minimum atomic E-state index is 0.741. The van der Waals surface area contributed by atoms with Crippen LogP contribution in [-0.2, 0) is 0 Å². The first-order valence-electron chi connectivity index (χ1n) is 6.47. The fourth-order valence-electron chi connectivity index (χ4n) is 3.30. The molecule has 0 aliphatic carbocycles. The van der Waals surface area contributed by atoms with E-state index in [0.717, 1.165) is 11.8 Å². The molecule has 92 valence electrons. The van der Waals surface area contributed by atoms with Crippen molar-refractivity contribution in [3.05, 3.63) is 28.2 Å². The molecule has 1 saturated heterocycles. The molecule has 0 bridgehead atoms. The monoisotopic (exact) mass is 294 g/mol. The van der Waals surface area contributed by atoms with E-state index in [1.54, 1.807) is 5.56 Å². The topological polar surface area (TPSA) is 15.3 Å². The van der Waals surface area contributed by atoms with Gasteiger partial charge in [0, 0.05) is 29.7 Å². The molecule has 1 aromatic rings. The average Bonchev–Trinajstić information content (AvgIpc) is 2.68. The van der Waals surface area contributed by atoms with Gasteiger partial charge in [0.15, 0.2) is 0 Å². The highest BCUT2D eigenvalue weighted by molar-refractivity contribution is 9.10. The molecule has 17 heavy (non-hydrogen) atoms. The van der Waals surface area contributed by atoms with Gasteiger partial charge in [-0.2, -0.15) is 0 Å². The lowest BCUT2D eigenvalue weighted by Gasteiger charge is -2.28. The van der Waals surface area contributed by atoms with Crippen molar-refractivity contribution < 1.29 is 0 Å². The zero-order valence-corrected chi connectivity index (χ0v) is 11.8. The Labute approximate surface area is 112 Å². The molecule has 3 rings (SSSR count). The van der Waals surface area contributed by atoms with Gasteiger partial charge in [0.1, 0.15) is 0 Å². The molecule has 2 heterocycles. The van der Waals surface area contributed by atoms with E-state index in [1.807, 2.05) is 0 Å². The first kappa shape index (κ1) is 11.5. The van der Waals surface area contributed by atoms with Crippen LogP contribution in [0, 0.1) is 5.92 Å². The number of hydrogen-bond donors (Lipinski definition) is 1.